The van der Waals surface area contributed by atoms with Crippen molar-refractivity contribution in [3.05, 3.63) is 47.4 Å². The summed E-state index contributed by atoms with van der Waals surface area (Å²) in [6, 6.07) is 2.28. The van der Waals surface area contributed by atoms with Crippen molar-refractivity contribution in [3.63, 3.8) is 0 Å². The molecule has 0 unspecified atom stereocenters. The van der Waals surface area contributed by atoms with Crippen LogP contribution in [0.5, 0.6) is 0 Å². The molecule has 1 aliphatic rings. The summed E-state index contributed by atoms with van der Waals surface area (Å²) in [5.74, 6) is -1.82. The molecule has 0 saturated heterocycles. The lowest BCUT2D eigenvalue weighted by molar-refractivity contribution is 0.0947. The van der Waals surface area contributed by atoms with Gasteiger partial charge in [0, 0.05) is 24.3 Å². The van der Waals surface area contributed by atoms with Crippen molar-refractivity contribution in [1.29, 1.82) is 0 Å². The van der Waals surface area contributed by atoms with Gasteiger partial charge in [-0.25, -0.2) is 18.3 Å². The largest absolute Gasteiger partial charge is 0.403 e. The van der Waals surface area contributed by atoms with E-state index in [0.717, 1.165) is 24.5 Å². The Hall–Kier alpha value is -4.09. The Kier molecular flexibility index (Phi) is 6.02. The van der Waals surface area contributed by atoms with E-state index in [9.17, 15) is 13.6 Å². The van der Waals surface area contributed by atoms with Crippen molar-refractivity contribution >= 4 is 28.9 Å². The van der Waals surface area contributed by atoms with Gasteiger partial charge >= 0.3 is 6.01 Å². The molecule has 1 fully saturated rings. The molecule has 3 aromatic heterocycles. The number of anilines is 3. The number of benzene rings is 1. The predicted molar refractivity (Wildman–Crippen MR) is 129 cm³/mol. The molecule has 0 bridgehead atoms. The number of carbonyl (C=O) groups is 1. The summed E-state index contributed by atoms with van der Waals surface area (Å²) >= 11 is 0. The number of nitrogens with zero attached hydrogens (tertiary/aromatic N) is 5. The van der Waals surface area contributed by atoms with Crippen molar-refractivity contribution in [1.82, 2.24) is 30.1 Å². The molecule has 0 aliphatic heterocycles. The predicted octanol–water partition coefficient (Wildman–Crippen LogP) is 4.64. The number of fused-ring (bicyclic) bond motifs is 1. The van der Waals surface area contributed by atoms with Crippen LogP contribution in [0.1, 0.15) is 62.4 Å². The zero-order valence-electron chi connectivity index (χ0n) is 20.3. The van der Waals surface area contributed by atoms with Gasteiger partial charge in [-0.05, 0) is 44.2 Å². The number of rotatable bonds is 8. The van der Waals surface area contributed by atoms with E-state index in [1.807, 2.05) is 27.7 Å². The molecule has 3 N–H and O–H groups in total. The molecule has 36 heavy (non-hydrogen) atoms. The Morgan fingerprint density at radius 3 is 2.61 bits per heavy atom. The van der Waals surface area contributed by atoms with Crippen molar-refractivity contribution in [2.75, 3.05) is 10.6 Å². The van der Waals surface area contributed by atoms with Crippen molar-refractivity contribution in [2.45, 2.75) is 58.5 Å². The molecule has 0 spiro atoms. The molecule has 1 aliphatic carbocycles. The first-order chi connectivity index (χ1) is 17.2. The average molecular weight is 497 g/mol. The summed E-state index contributed by atoms with van der Waals surface area (Å²) in [5.41, 5.74) is 1.68. The smallest absolute Gasteiger partial charge is 0.315 e. The average Bonchev–Trinajstić information content (AvgIpc) is 3.35. The van der Waals surface area contributed by atoms with E-state index in [0.29, 0.717) is 29.1 Å². The van der Waals surface area contributed by atoms with Gasteiger partial charge in [-0.3, -0.25) is 4.79 Å². The quantitative estimate of drug-likeness (QED) is 0.323. The molecule has 5 rings (SSSR count). The van der Waals surface area contributed by atoms with E-state index in [4.69, 9.17) is 4.42 Å². The van der Waals surface area contributed by atoms with Crippen LogP contribution in [0.15, 0.2) is 29.1 Å². The van der Waals surface area contributed by atoms with Crippen LogP contribution in [0.25, 0.3) is 17.0 Å². The Labute approximate surface area is 205 Å². The fourth-order valence-electron chi connectivity index (χ4n) is 3.96. The fourth-order valence-corrected chi connectivity index (χ4v) is 3.96. The van der Waals surface area contributed by atoms with E-state index in [-0.39, 0.29) is 35.1 Å². The molecule has 1 amide bonds. The summed E-state index contributed by atoms with van der Waals surface area (Å²) in [6.45, 7) is 7.88. The Balaban J connectivity index is 1.56. The van der Waals surface area contributed by atoms with E-state index >= 15 is 0 Å². The van der Waals surface area contributed by atoms with Gasteiger partial charge in [-0.15, -0.1) is 5.10 Å². The van der Waals surface area contributed by atoms with E-state index in [1.54, 1.807) is 10.7 Å². The zero-order valence-corrected chi connectivity index (χ0v) is 20.3. The van der Waals surface area contributed by atoms with Gasteiger partial charge in [0.05, 0.1) is 16.8 Å². The van der Waals surface area contributed by atoms with Crippen LogP contribution in [0.2, 0.25) is 0 Å². The molecular formula is C24H26F2N8O2. The highest BCUT2D eigenvalue weighted by atomic mass is 19.1. The van der Waals surface area contributed by atoms with Crippen LogP contribution in [-0.2, 0) is 0 Å². The molecule has 0 radical (unpaired) electrons. The van der Waals surface area contributed by atoms with Crippen LogP contribution in [0.4, 0.5) is 26.3 Å². The minimum Gasteiger partial charge on any atom is -0.403 e. The van der Waals surface area contributed by atoms with E-state index in [2.05, 4.69) is 36.2 Å². The maximum Gasteiger partial charge on any atom is 0.315 e. The van der Waals surface area contributed by atoms with Gasteiger partial charge in [-0.2, -0.15) is 5.10 Å². The van der Waals surface area contributed by atoms with Crippen molar-refractivity contribution in [2.24, 2.45) is 0 Å². The molecule has 0 atom stereocenters. The molecule has 1 aromatic carbocycles. The van der Waals surface area contributed by atoms with Crippen molar-refractivity contribution < 1.29 is 18.0 Å². The SMILES string of the molecule is CC(C)Nc1nnc(-c2cn3ncnc(Nc4cc(C(=O)NC5CC5)c(F)cc4F)c3c2C(C)C)o1. The van der Waals surface area contributed by atoms with E-state index < -0.39 is 17.5 Å². The molecule has 12 heteroatoms. The number of hydrogen-bond donors (Lipinski definition) is 3. The summed E-state index contributed by atoms with van der Waals surface area (Å²) in [6.07, 6.45) is 4.75. The molecule has 10 nitrogen and oxygen atoms in total. The van der Waals surface area contributed by atoms with Crippen LogP contribution in [-0.4, -0.2) is 42.8 Å². The highest BCUT2D eigenvalue weighted by Gasteiger charge is 2.27. The topological polar surface area (TPSA) is 122 Å². The van der Waals surface area contributed by atoms with Crippen molar-refractivity contribution in [3.8, 4) is 11.5 Å². The Morgan fingerprint density at radius 1 is 1.14 bits per heavy atom. The summed E-state index contributed by atoms with van der Waals surface area (Å²) in [7, 11) is 0. The van der Waals surface area contributed by atoms with Gasteiger partial charge in [0.15, 0.2) is 5.82 Å². The van der Waals surface area contributed by atoms with Gasteiger partial charge in [0.2, 0.25) is 0 Å². The lowest BCUT2D eigenvalue weighted by Gasteiger charge is -2.13. The van der Waals surface area contributed by atoms with Crippen LogP contribution >= 0.6 is 0 Å². The van der Waals surface area contributed by atoms with Gasteiger partial charge in [0.1, 0.15) is 23.5 Å². The van der Waals surface area contributed by atoms with Crippen LogP contribution in [0, 0.1) is 11.6 Å². The second kappa shape index (κ2) is 9.17. The second-order valence-electron chi connectivity index (χ2n) is 9.41. The fraction of sp³-hybridized carbons (Fsp3) is 0.375. The van der Waals surface area contributed by atoms with Gasteiger partial charge in [0.25, 0.3) is 11.8 Å². The van der Waals surface area contributed by atoms with Crippen LogP contribution in [0.3, 0.4) is 0 Å². The maximum absolute atomic E-state index is 14.8. The zero-order chi connectivity index (χ0) is 25.6. The number of amides is 1. The summed E-state index contributed by atoms with van der Waals surface area (Å²) in [4.78, 5) is 16.8. The molecule has 3 heterocycles. The highest BCUT2D eigenvalue weighted by Crippen LogP contribution is 2.37. The third kappa shape index (κ3) is 4.58. The summed E-state index contributed by atoms with van der Waals surface area (Å²) in [5, 5.41) is 21.2. The second-order valence-corrected chi connectivity index (χ2v) is 9.41. The lowest BCUT2D eigenvalue weighted by Crippen LogP contribution is -2.26. The van der Waals surface area contributed by atoms with Gasteiger partial charge in [-0.1, -0.05) is 18.9 Å². The number of halogens is 2. The van der Waals surface area contributed by atoms with Gasteiger partial charge < -0.3 is 20.4 Å². The minimum atomic E-state index is -0.931. The monoisotopic (exact) mass is 496 g/mol. The van der Waals surface area contributed by atoms with Crippen LogP contribution < -0.4 is 16.0 Å². The number of nitrogens with one attached hydrogen (secondary N) is 3. The third-order valence-corrected chi connectivity index (χ3v) is 5.72. The summed E-state index contributed by atoms with van der Waals surface area (Å²) < 4.78 is 36.6. The first-order valence-corrected chi connectivity index (χ1v) is 11.7. The molecular weight excluding hydrogens is 470 g/mol. The molecule has 188 valence electrons. The Morgan fingerprint density at radius 2 is 1.92 bits per heavy atom. The number of aromatic nitrogens is 5. The minimum absolute atomic E-state index is 0.0251. The normalized spacial score (nSPS) is 13.6. The first-order valence-electron chi connectivity index (χ1n) is 11.7. The standard InChI is InChI=1S/C24H26F2N8O2/c1-11(2)19-15(23-32-33-24(36-23)29-12(3)4)9-34-20(19)21(27-10-28-34)31-18-7-14(16(25)8-17(18)26)22(35)30-13-5-6-13/h7-13H,5-6H2,1-4H3,(H,29,33)(H,30,35)(H,27,28,31). The number of hydrogen-bond acceptors (Lipinski definition) is 8. The van der Waals surface area contributed by atoms with E-state index in [1.165, 1.54) is 6.33 Å². The third-order valence-electron chi connectivity index (χ3n) is 5.72. The molecule has 1 saturated carbocycles. The molecule has 4 aromatic rings. The highest BCUT2D eigenvalue weighted by molar-refractivity contribution is 5.96. The first kappa shape index (κ1) is 23.6. The maximum atomic E-state index is 14.8. The number of carbonyl (C=O) groups excluding carboxylic acids is 1. The Bertz CT molecular complexity index is 1440. The lowest BCUT2D eigenvalue weighted by atomic mass is 10.00.